The predicted molar refractivity (Wildman–Crippen MR) is 42.7 cm³/mol. The third-order valence-electron chi connectivity index (χ3n) is 1.12. The summed E-state index contributed by atoms with van der Waals surface area (Å²) in [5.41, 5.74) is 2.03. The van der Waals surface area contributed by atoms with Gasteiger partial charge in [0.25, 0.3) is 0 Å². The zero-order valence-corrected chi connectivity index (χ0v) is 6.15. The highest BCUT2D eigenvalue weighted by Gasteiger charge is 1.83. The largest absolute Gasteiger partial charge is 0.269 e. The van der Waals surface area contributed by atoms with Crippen LogP contribution in [-0.2, 0) is 0 Å². The average molecular weight is 123 g/mol. The van der Waals surface area contributed by atoms with E-state index in [0.29, 0.717) is 0 Å². The summed E-state index contributed by atoms with van der Waals surface area (Å²) in [5, 5.41) is 0. The van der Waals surface area contributed by atoms with Crippen molar-refractivity contribution in [3.63, 3.8) is 0 Å². The number of nitrogens with zero attached hydrogens (tertiary/aromatic N) is 1. The van der Waals surface area contributed by atoms with Gasteiger partial charge in [-0.2, -0.15) is 0 Å². The van der Waals surface area contributed by atoms with Crippen LogP contribution in [0.2, 0.25) is 0 Å². The Hall–Kier alpha value is -0.850. The smallest absolute Gasteiger partial charge is 0.0367 e. The minimum absolute atomic E-state index is 0.932. The van der Waals surface area contributed by atoms with Crippen LogP contribution in [0.4, 0.5) is 0 Å². The normalized spacial score (nSPS) is 11.1. The van der Waals surface area contributed by atoms with Crippen molar-refractivity contribution in [1.29, 1.82) is 0 Å². The van der Waals surface area contributed by atoms with E-state index in [2.05, 4.69) is 25.2 Å². The molecule has 0 heterocycles. The molecule has 0 unspecified atom stereocenters. The van der Waals surface area contributed by atoms with Crippen LogP contribution in [0.3, 0.4) is 0 Å². The second-order valence-electron chi connectivity index (χ2n) is 1.96. The summed E-state index contributed by atoms with van der Waals surface area (Å²) < 4.78 is 0. The van der Waals surface area contributed by atoms with Crippen LogP contribution in [0.1, 0.15) is 20.3 Å². The molecule has 0 saturated heterocycles. The van der Waals surface area contributed by atoms with Gasteiger partial charge in [-0.25, -0.2) is 0 Å². The molecule has 0 aliphatic rings. The Bertz CT molecular complexity index is 143. The van der Waals surface area contributed by atoms with Crippen LogP contribution in [-0.4, -0.2) is 6.72 Å². The minimum atomic E-state index is 0.932. The molecule has 0 rings (SSSR count). The molecule has 0 saturated carbocycles. The Kier molecular flexibility index (Phi) is 3.69. The number of hydrogen-bond acceptors (Lipinski definition) is 1. The summed E-state index contributed by atoms with van der Waals surface area (Å²) >= 11 is 0. The second-order valence-corrected chi connectivity index (χ2v) is 1.96. The molecule has 0 bridgehead atoms. The monoisotopic (exact) mass is 123 g/mol. The second kappa shape index (κ2) is 4.07. The van der Waals surface area contributed by atoms with Gasteiger partial charge in [-0.05, 0) is 26.1 Å². The number of rotatable bonds is 3. The zero-order chi connectivity index (χ0) is 7.28. The molecule has 9 heavy (non-hydrogen) atoms. The maximum Gasteiger partial charge on any atom is 0.0367 e. The van der Waals surface area contributed by atoms with Gasteiger partial charge in [0.15, 0.2) is 0 Å². The van der Waals surface area contributed by atoms with Gasteiger partial charge < -0.3 is 0 Å². The highest BCUT2D eigenvalue weighted by Crippen LogP contribution is 2.03. The third kappa shape index (κ3) is 3.71. The summed E-state index contributed by atoms with van der Waals surface area (Å²) in [4.78, 5) is 3.73. The highest BCUT2D eigenvalue weighted by molar-refractivity contribution is 5.30. The summed E-state index contributed by atoms with van der Waals surface area (Å²) in [6.07, 6.45) is 2.92. The minimum Gasteiger partial charge on any atom is -0.269 e. The third-order valence-corrected chi connectivity index (χ3v) is 1.12. The summed E-state index contributed by atoms with van der Waals surface area (Å²) in [5.74, 6) is 0. The number of aliphatic imine (C=N–C) groups is 1. The van der Waals surface area contributed by atoms with Crippen LogP contribution in [0.5, 0.6) is 0 Å². The highest BCUT2D eigenvalue weighted by atomic mass is 14.7. The molecule has 0 aromatic carbocycles. The maximum atomic E-state index is 3.80. The molecule has 0 aromatic heterocycles. The van der Waals surface area contributed by atoms with Crippen LogP contribution in [0.25, 0.3) is 0 Å². The van der Waals surface area contributed by atoms with Crippen molar-refractivity contribution in [1.82, 2.24) is 0 Å². The molecule has 0 N–H and O–H groups in total. The Morgan fingerprint density at radius 2 is 2.22 bits per heavy atom. The van der Waals surface area contributed by atoms with E-state index in [4.69, 9.17) is 0 Å². The van der Waals surface area contributed by atoms with E-state index in [-0.39, 0.29) is 0 Å². The van der Waals surface area contributed by atoms with Crippen molar-refractivity contribution in [2.24, 2.45) is 4.99 Å². The molecular weight excluding hydrogens is 110 g/mol. The first-order valence-electron chi connectivity index (χ1n) is 3.03. The van der Waals surface area contributed by atoms with Crippen molar-refractivity contribution in [2.45, 2.75) is 20.3 Å². The lowest BCUT2D eigenvalue weighted by molar-refractivity contribution is 1.14. The van der Waals surface area contributed by atoms with Gasteiger partial charge in [0, 0.05) is 5.70 Å². The van der Waals surface area contributed by atoms with E-state index < -0.39 is 0 Å². The first-order chi connectivity index (χ1) is 4.20. The fraction of sp³-hybridized carbons (Fsp3) is 0.375. The molecule has 0 aliphatic heterocycles. The molecule has 1 heteroatoms. The Morgan fingerprint density at radius 3 is 2.56 bits per heavy atom. The molecule has 0 spiro atoms. The fourth-order valence-corrected chi connectivity index (χ4v) is 0.443. The molecule has 50 valence electrons. The van der Waals surface area contributed by atoms with Gasteiger partial charge in [0.05, 0.1) is 0 Å². The summed E-state index contributed by atoms with van der Waals surface area (Å²) in [7, 11) is 0. The molecule has 0 fully saturated rings. The van der Waals surface area contributed by atoms with Crippen LogP contribution in [0, 0.1) is 0 Å². The standard InChI is InChI=1S/C8H13N/c1-5-7(2)6-8(3)9-4/h6H,2,4-5H2,1,3H3/b8-6+. The predicted octanol–water partition coefficient (Wildman–Crippen LogP) is 2.56. The van der Waals surface area contributed by atoms with Gasteiger partial charge in [0.1, 0.15) is 0 Å². The van der Waals surface area contributed by atoms with E-state index in [1.165, 1.54) is 0 Å². The fourth-order valence-electron chi connectivity index (χ4n) is 0.443. The van der Waals surface area contributed by atoms with Gasteiger partial charge in [-0.1, -0.05) is 19.1 Å². The molecular formula is C8H13N. The van der Waals surface area contributed by atoms with Crippen molar-refractivity contribution < 1.29 is 0 Å². The molecule has 0 radical (unpaired) electrons. The van der Waals surface area contributed by atoms with Gasteiger partial charge >= 0.3 is 0 Å². The Labute approximate surface area is 56.8 Å². The van der Waals surface area contributed by atoms with Crippen molar-refractivity contribution in [3.05, 3.63) is 23.9 Å². The van der Waals surface area contributed by atoms with E-state index in [9.17, 15) is 0 Å². The Morgan fingerprint density at radius 1 is 1.67 bits per heavy atom. The van der Waals surface area contributed by atoms with Gasteiger partial charge in [-0.15, -0.1) is 0 Å². The number of allylic oxidation sites excluding steroid dienone is 3. The van der Waals surface area contributed by atoms with Crippen molar-refractivity contribution in [2.75, 3.05) is 0 Å². The van der Waals surface area contributed by atoms with Crippen LogP contribution < -0.4 is 0 Å². The maximum absolute atomic E-state index is 3.80. The van der Waals surface area contributed by atoms with E-state index in [0.717, 1.165) is 17.7 Å². The average Bonchev–Trinajstić information content (AvgIpc) is 1.87. The van der Waals surface area contributed by atoms with Gasteiger partial charge in [-0.3, -0.25) is 4.99 Å². The lowest BCUT2D eigenvalue weighted by Gasteiger charge is -1.92. The Balaban J connectivity index is 3.94. The van der Waals surface area contributed by atoms with Crippen LogP contribution in [0.15, 0.2) is 28.9 Å². The topological polar surface area (TPSA) is 12.4 Å². The van der Waals surface area contributed by atoms with Crippen molar-refractivity contribution >= 4 is 6.72 Å². The SMILES string of the molecule is C=N/C(C)=C/C(=C)CC. The van der Waals surface area contributed by atoms with Gasteiger partial charge in [0.2, 0.25) is 0 Å². The first-order valence-corrected chi connectivity index (χ1v) is 3.03. The van der Waals surface area contributed by atoms with E-state index >= 15 is 0 Å². The summed E-state index contributed by atoms with van der Waals surface area (Å²) in [6, 6.07) is 0. The molecule has 0 amide bonds. The number of hydrogen-bond donors (Lipinski definition) is 0. The first kappa shape index (κ1) is 8.15. The van der Waals surface area contributed by atoms with Crippen LogP contribution >= 0.6 is 0 Å². The van der Waals surface area contributed by atoms with Crippen molar-refractivity contribution in [3.8, 4) is 0 Å². The quantitative estimate of drug-likeness (QED) is 0.404. The molecule has 0 aromatic rings. The lowest BCUT2D eigenvalue weighted by atomic mass is 10.2. The lowest BCUT2D eigenvalue weighted by Crippen LogP contribution is -1.72. The van der Waals surface area contributed by atoms with E-state index in [1.54, 1.807) is 0 Å². The molecule has 0 atom stereocenters. The zero-order valence-electron chi connectivity index (χ0n) is 6.15. The summed E-state index contributed by atoms with van der Waals surface area (Å²) in [6.45, 7) is 11.2. The molecule has 0 aliphatic carbocycles. The molecule has 1 nitrogen and oxygen atoms in total. The van der Waals surface area contributed by atoms with E-state index in [1.807, 2.05) is 13.0 Å².